The summed E-state index contributed by atoms with van der Waals surface area (Å²) in [6, 6.07) is 16.2. The van der Waals surface area contributed by atoms with Crippen LogP contribution in [-0.2, 0) is 6.54 Å². The van der Waals surface area contributed by atoms with Crippen LogP contribution in [-0.4, -0.2) is 26.8 Å². The minimum Gasteiger partial charge on any atom is -0.431 e. The Bertz CT molecular complexity index is 1070. The van der Waals surface area contributed by atoms with E-state index in [1.165, 1.54) is 6.26 Å². The normalized spacial score (nSPS) is 10.7. The number of benzene rings is 2. The largest absolute Gasteiger partial charge is 0.431 e. The number of fused-ring (bicyclic) bond motifs is 1. The number of aromatic amines is 1. The van der Waals surface area contributed by atoms with Crippen molar-refractivity contribution >= 4 is 28.9 Å². The summed E-state index contributed by atoms with van der Waals surface area (Å²) in [5, 5.41) is 5.22. The molecule has 0 saturated heterocycles. The summed E-state index contributed by atoms with van der Waals surface area (Å²) in [7, 11) is 0. The number of nitrogens with zero attached hydrogens (tertiary/aromatic N) is 2. The number of aromatic nitrogens is 3. The Morgan fingerprint density at radius 3 is 2.56 bits per heavy atom. The van der Waals surface area contributed by atoms with E-state index in [4.69, 9.17) is 4.42 Å². The Hall–Kier alpha value is -3.94. The van der Waals surface area contributed by atoms with Gasteiger partial charge in [-0.05, 0) is 24.3 Å². The SMILES string of the molecule is O=C(Nc1nc(C(=O)NCc2nc3ccccc3[nH]2)co1)c1ccccc1. The van der Waals surface area contributed by atoms with Gasteiger partial charge in [-0.3, -0.25) is 14.9 Å². The van der Waals surface area contributed by atoms with Crippen LogP contribution in [0.1, 0.15) is 26.7 Å². The van der Waals surface area contributed by atoms with Crippen LogP contribution in [0.5, 0.6) is 0 Å². The van der Waals surface area contributed by atoms with Crippen LogP contribution >= 0.6 is 0 Å². The van der Waals surface area contributed by atoms with E-state index in [1.54, 1.807) is 24.3 Å². The molecule has 0 atom stereocenters. The van der Waals surface area contributed by atoms with Gasteiger partial charge in [0.1, 0.15) is 12.1 Å². The van der Waals surface area contributed by atoms with Crippen molar-refractivity contribution in [2.45, 2.75) is 6.54 Å². The molecule has 4 aromatic rings. The van der Waals surface area contributed by atoms with E-state index in [0.29, 0.717) is 11.4 Å². The highest BCUT2D eigenvalue weighted by Crippen LogP contribution is 2.12. The fourth-order valence-electron chi connectivity index (χ4n) is 2.54. The van der Waals surface area contributed by atoms with Crippen molar-refractivity contribution in [1.29, 1.82) is 0 Å². The van der Waals surface area contributed by atoms with Crippen LogP contribution in [0.4, 0.5) is 6.01 Å². The number of imidazole rings is 1. The molecule has 0 aliphatic rings. The van der Waals surface area contributed by atoms with Crippen molar-refractivity contribution in [3.05, 3.63) is 77.9 Å². The predicted molar refractivity (Wildman–Crippen MR) is 98.2 cm³/mol. The second-order valence-corrected chi connectivity index (χ2v) is 5.74. The van der Waals surface area contributed by atoms with Gasteiger partial charge in [-0.15, -0.1) is 0 Å². The third-order valence-corrected chi connectivity index (χ3v) is 3.85. The number of anilines is 1. The molecule has 3 N–H and O–H groups in total. The molecule has 2 amide bonds. The number of H-pyrrole nitrogens is 1. The zero-order chi connectivity index (χ0) is 18.6. The maximum Gasteiger partial charge on any atom is 0.302 e. The first-order valence-corrected chi connectivity index (χ1v) is 8.23. The lowest BCUT2D eigenvalue weighted by atomic mass is 10.2. The molecule has 8 heteroatoms. The first-order valence-electron chi connectivity index (χ1n) is 8.23. The lowest BCUT2D eigenvalue weighted by Gasteiger charge is -2.00. The molecule has 4 rings (SSSR count). The van der Waals surface area contributed by atoms with Gasteiger partial charge in [-0.2, -0.15) is 4.98 Å². The van der Waals surface area contributed by atoms with Gasteiger partial charge in [0, 0.05) is 5.56 Å². The van der Waals surface area contributed by atoms with Gasteiger partial charge in [-0.1, -0.05) is 30.3 Å². The molecule has 27 heavy (non-hydrogen) atoms. The minimum absolute atomic E-state index is 0.0438. The number of oxazole rings is 1. The van der Waals surface area contributed by atoms with Gasteiger partial charge >= 0.3 is 6.01 Å². The summed E-state index contributed by atoms with van der Waals surface area (Å²) < 4.78 is 5.15. The molecule has 0 fully saturated rings. The van der Waals surface area contributed by atoms with E-state index in [2.05, 4.69) is 25.6 Å². The van der Waals surface area contributed by atoms with E-state index in [1.807, 2.05) is 30.3 Å². The zero-order valence-corrected chi connectivity index (χ0v) is 14.1. The number of carbonyl (C=O) groups is 2. The van der Waals surface area contributed by atoms with Crippen LogP contribution in [0.3, 0.4) is 0 Å². The standard InChI is InChI=1S/C19H15N5O3/c25-17(12-6-2-1-3-7-12)24-19-23-15(11-27-19)18(26)20-10-16-21-13-8-4-5-9-14(13)22-16/h1-9,11H,10H2,(H,20,26)(H,21,22)(H,23,24,25). The van der Waals surface area contributed by atoms with Gasteiger partial charge in [0.25, 0.3) is 11.8 Å². The first kappa shape index (κ1) is 16.5. The molecular weight excluding hydrogens is 346 g/mol. The summed E-state index contributed by atoms with van der Waals surface area (Å²) in [6.45, 7) is 0.214. The summed E-state index contributed by atoms with van der Waals surface area (Å²) in [5.41, 5.74) is 2.25. The first-order chi connectivity index (χ1) is 13.2. The summed E-state index contributed by atoms with van der Waals surface area (Å²) in [4.78, 5) is 35.8. The molecule has 0 radical (unpaired) electrons. The smallest absolute Gasteiger partial charge is 0.302 e. The number of hydrogen-bond donors (Lipinski definition) is 3. The quantitative estimate of drug-likeness (QED) is 0.506. The van der Waals surface area contributed by atoms with Crippen molar-refractivity contribution in [3.63, 3.8) is 0 Å². The molecule has 2 heterocycles. The molecule has 0 aliphatic carbocycles. The molecule has 8 nitrogen and oxygen atoms in total. The Morgan fingerprint density at radius 1 is 0.963 bits per heavy atom. The van der Waals surface area contributed by atoms with E-state index < -0.39 is 5.91 Å². The van der Waals surface area contributed by atoms with Crippen LogP contribution in [0, 0.1) is 0 Å². The van der Waals surface area contributed by atoms with E-state index in [9.17, 15) is 9.59 Å². The Morgan fingerprint density at radius 2 is 1.74 bits per heavy atom. The van der Waals surface area contributed by atoms with Crippen LogP contribution in [0.25, 0.3) is 11.0 Å². The fraction of sp³-hybridized carbons (Fsp3) is 0.0526. The Kier molecular flexibility index (Phi) is 4.36. The molecule has 0 aliphatic heterocycles. The molecule has 2 aromatic heterocycles. The molecule has 0 unspecified atom stereocenters. The molecule has 0 spiro atoms. The number of para-hydroxylation sites is 2. The maximum atomic E-state index is 12.2. The van der Waals surface area contributed by atoms with E-state index in [-0.39, 0.29) is 24.2 Å². The van der Waals surface area contributed by atoms with Gasteiger partial charge in [0.05, 0.1) is 17.6 Å². The Balaban J connectivity index is 1.37. The molecule has 0 saturated carbocycles. The van der Waals surface area contributed by atoms with Crippen molar-refractivity contribution in [2.75, 3.05) is 5.32 Å². The van der Waals surface area contributed by atoms with Gasteiger partial charge in [0.15, 0.2) is 5.69 Å². The number of nitrogens with one attached hydrogen (secondary N) is 3. The summed E-state index contributed by atoms with van der Waals surface area (Å²) in [5.74, 6) is -0.170. The fourth-order valence-corrected chi connectivity index (χ4v) is 2.54. The average Bonchev–Trinajstić information content (AvgIpc) is 3.33. The van der Waals surface area contributed by atoms with Gasteiger partial charge < -0.3 is 14.7 Å². The topological polar surface area (TPSA) is 113 Å². The lowest BCUT2D eigenvalue weighted by molar-refractivity contribution is 0.0944. The number of amides is 2. The van der Waals surface area contributed by atoms with E-state index in [0.717, 1.165) is 11.0 Å². The number of rotatable bonds is 5. The number of carbonyl (C=O) groups excluding carboxylic acids is 2. The van der Waals surface area contributed by atoms with Gasteiger partial charge in [-0.25, -0.2) is 4.98 Å². The lowest BCUT2D eigenvalue weighted by Crippen LogP contribution is -2.23. The summed E-state index contributed by atoms with van der Waals surface area (Å²) >= 11 is 0. The highest BCUT2D eigenvalue weighted by atomic mass is 16.4. The third kappa shape index (κ3) is 3.69. The predicted octanol–water partition coefficient (Wildman–Crippen LogP) is 2.73. The van der Waals surface area contributed by atoms with Crippen molar-refractivity contribution in [1.82, 2.24) is 20.3 Å². The summed E-state index contributed by atoms with van der Waals surface area (Å²) in [6.07, 6.45) is 1.19. The highest BCUT2D eigenvalue weighted by Gasteiger charge is 2.15. The molecule has 2 aromatic carbocycles. The maximum absolute atomic E-state index is 12.2. The van der Waals surface area contributed by atoms with Crippen molar-refractivity contribution in [2.24, 2.45) is 0 Å². The number of hydrogen-bond acceptors (Lipinski definition) is 5. The average molecular weight is 361 g/mol. The van der Waals surface area contributed by atoms with Crippen LogP contribution in [0.15, 0.2) is 65.3 Å². The highest BCUT2D eigenvalue weighted by molar-refractivity contribution is 6.03. The Labute approximate surface area is 153 Å². The minimum atomic E-state index is -0.431. The van der Waals surface area contributed by atoms with Crippen LogP contribution in [0.2, 0.25) is 0 Å². The monoisotopic (exact) mass is 361 g/mol. The molecular formula is C19H15N5O3. The van der Waals surface area contributed by atoms with Crippen molar-refractivity contribution < 1.29 is 14.0 Å². The van der Waals surface area contributed by atoms with Gasteiger partial charge in [0.2, 0.25) is 0 Å². The zero-order valence-electron chi connectivity index (χ0n) is 14.1. The molecule has 0 bridgehead atoms. The molecule has 134 valence electrons. The van der Waals surface area contributed by atoms with Crippen molar-refractivity contribution in [3.8, 4) is 0 Å². The van der Waals surface area contributed by atoms with E-state index >= 15 is 0 Å². The third-order valence-electron chi connectivity index (χ3n) is 3.85. The second-order valence-electron chi connectivity index (χ2n) is 5.74. The van der Waals surface area contributed by atoms with Crippen LogP contribution < -0.4 is 10.6 Å². The second kappa shape index (κ2) is 7.12.